The summed E-state index contributed by atoms with van der Waals surface area (Å²) in [5.74, 6) is 1.63. The minimum absolute atomic E-state index is 0.0849. The first-order chi connectivity index (χ1) is 10.9. The van der Waals surface area contributed by atoms with Gasteiger partial charge >= 0.3 is 0 Å². The lowest BCUT2D eigenvalue weighted by Crippen LogP contribution is -2.14. The van der Waals surface area contributed by atoms with Gasteiger partial charge in [-0.1, -0.05) is 24.3 Å². The van der Waals surface area contributed by atoms with E-state index in [1.165, 1.54) is 0 Å². The van der Waals surface area contributed by atoms with E-state index < -0.39 is 0 Å². The van der Waals surface area contributed by atoms with Crippen LogP contribution >= 0.6 is 25.3 Å². The molecule has 0 saturated carbocycles. The smallest absolute Gasteiger partial charge is 0.127 e. The Balaban J connectivity index is 2.05. The molecular weight excluding hydrogens is 324 g/mol. The Bertz CT molecular complexity index is 556. The molecule has 0 aliphatic heterocycles. The zero-order chi connectivity index (χ0) is 17.0. The summed E-state index contributed by atoms with van der Waals surface area (Å²) in [4.78, 5) is 4.10. The molecule has 0 aromatic heterocycles. The Labute approximate surface area is 150 Å². The molecule has 0 N–H and O–H groups in total. The predicted octanol–water partition coefficient (Wildman–Crippen LogP) is 4.46. The minimum atomic E-state index is 0.0849. The highest BCUT2D eigenvalue weighted by Crippen LogP contribution is 2.28. The van der Waals surface area contributed by atoms with Gasteiger partial charge in [-0.05, 0) is 63.6 Å². The predicted molar refractivity (Wildman–Crippen MR) is 104 cm³/mol. The van der Waals surface area contributed by atoms with Crippen molar-refractivity contribution in [2.24, 2.45) is 0 Å². The standard InChI is InChI=1S/C18H24N2OS2/c1-19(2)17(22)13-5-9-15(10-6-13)21-16-11-7-14(8-12-16)18(23)20(3)4/h5-12,17-18,22-23H,1-4H3. The third-order valence-electron chi connectivity index (χ3n) is 3.57. The van der Waals surface area contributed by atoms with E-state index in [9.17, 15) is 0 Å². The normalized spacial score (nSPS) is 14.1. The van der Waals surface area contributed by atoms with Crippen LogP contribution in [0.3, 0.4) is 0 Å². The van der Waals surface area contributed by atoms with E-state index in [0.717, 1.165) is 22.6 Å². The monoisotopic (exact) mass is 348 g/mol. The first kappa shape index (κ1) is 18.2. The van der Waals surface area contributed by atoms with Crippen LogP contribution in [0.5, 0.6) is 11.5 Å². The van der Waals surface area contributed by atoms with Gasteiger partial charge in [0.05, 0.1) is 10.7 Å². The number of rotatable bonds is 6. The number of ether oxygens (including phenoxy) is 1. The molecule has 0 aliphatic rings. The number of hydrogen-bond donors (Lipinski definition) is 2. The van der Waals surface area contributed by atoms with Gasteiger partial charge < -0.3 is 4.74 Å². The van der Waals surface area contributed by atoms with Crippen molar-refractivity contribution in [3.05, 3.63) is 59.7 Å². The highest BCUT2D eigenvalue weighted by atomic mass is 32.1. The van der Waals surface area contributed by atoms with Crippen molar-refractivity contribution in [1.29, 1.82) is 0 Å². The van der Waals surface area contributed by atoms with E-state index in [-0.39, 0.29) is 10.7 Å². The fourth-order valence-electron chi connectivity index (χ4n) is 2.15. The Morgan fingerprint density at radius 3 is 1.22 bits per heavy atom. The van der Waals surface area contributed by atoms with Gasteiger partial charge in [-0.3, -0.25) is 9.80 Å². The van der Waals surface area contributed by atoms with E-state index in [4.69, 9.17) is 4.74 Å². The summed E-state index contributed by atoms with van der Waals surface area (Å²) in [6.45, 7) is 0. The molecule has 2 rings (SSSR count). The van der Waals surface area contributed by atoms with Gasteiger partial charge in [-0.15, -0.1) is 0 Å². The van der Waals surface area contributed by atoms with Crippen LogP contribution in [0.25, 0.3) is 0 Å². The van der Waals surface area contributed by atoms with Crippen LogP contribution in [0, 0.1) is 0 Å². The summed E-state index contributed by atoms with van der Waals surface area (Å²) in [5, 5.41) is 0.170. The van der Waals surface area contributed by atoms with Gasteiger partial charge in [0.25, 0.3) is 0 Å². The maximum atomic E-state index is 5.89. The quantitative estimate of drug-likeness (QED) is 0.592. The summed E-state index contributed by atoms with van der Waals surface area (Å²) in [6.07, 6.45) is 0. The Kier molecular flexibility index (Phi) is 6.41. The maximum absolute atomic E-state index is 5.89. The van der Waals surface area contributed by atoms with Gasteiger partial charge in [0.15, 0.2) is 0 Å². The lowest BCUT2D eigenvalue weighted by molar-refractivity contribution is 0.392. The van der Waals surface area contributed by atoms with Crippen LogP contribution < -0.4 is 4.74 Å². The fraction of sp³-hybridized carbons (Fsp3) is 0.333. The zero-order valence-electron chi connectivity index (χ0n) is 14.0. The van der Waals surface area contributed by atoms with E-state index in [0.29, 0.717) is 0 Å². The Morgan fingerprint density at radius 2 is 0.957 bits per heavy atom. The summed E-state index contributed by atoms with van der Waals surface area (Å²) in [6, 6.07) is 16.0. The van der Waals surface area contributed by atoms with Crippen LogP contribution in [0.2, 0.25) is 0 Å². The summed E-state index contributed by atoms with van der Waals surface area (Å²) < 4.78 is 5.89. The maximum Gasteiger partial charge on any atom is 0.127 e. The SMILES string of the molecule is CN(C)C(S)c1ccc(Oc2ccc(C(S)N(C)C)cc2)cc1. The molecule has 0 saturated heterocycles. The molecule has 0 heterocycles. The molecule has 0 radical (unpaired) electrons. The van der Waals surface area contributed by atoms with E-state index in [1.54, 1.807) is 0 Å². The lowest BCUT2D eigenvalue weighted by Gasteiger charge is -2.20. The molecule has 0 amide bonds. The van der Waals surface area contributed by atoms with Crippen LogP contribution in [-0.2, 0) is 0 Å². The second-order valence-corrected chi connectivity index (χ2v) is 6.89. The van der Waals surface area contributed by atoms with E-state index >= 15 is 0 Å². The molecule has 5 heteroatoms. The van der Waals surface area contributed by atoms with Gasteiger partial charge in [-0.2, -0.15) is 25.3 Å². The first-order valence-corrected chi connectivity index (χ1v) is 8.48. The third-order valence-corrected chi connectivity index (χ3v) is 5.09. The number of hydrogen-bond acceptors (Lipinski definition) is 5. The highest BCUT2D eigenvalue weighted by Gasteiger charge is 2.10. The van der Waals surface area contributed by atoms with Crippen molar-refractivity contribution < 1.29 is 4.74 Å². The van der Waals surface area contributed by atoms with Gasteiger partial charge in [-0.25, -0.2) is 0 Å². The molecule has 23 heavy (non-hydrogen) atoms. The number of thiol groups is 2. The van der Waals surface area contributed by atoms with Crippen LogP contribution in [0.15, 0.2) is 48.5 Å². The van der Waals surface area contributed by atoms with Crippen molar-refractivity contribution in [3.63, 3.8) is 0 Å². The van der Waals surface area contributed by atoms with Crippen LogP contribution in [0.1, 0.15) is 21.9 Å². The topological polar surface area (TPSA) is 15.7 Å². The Hall–Kier alpha value is -1.14. The van der Waals surface area contributed by atoms with Gasteiger partial charge in [0.1, 0.15) is 11.5 Å². The molecule has 2 atom stereocenters. The molecule has 0 aliphatic carbocycles. The summed E-state index contributed by atoms with van der Waals surface area (Å²) in [5.41, 5.74) is 2.29. The average molecular weight is 349 g/mol. The van der Waals surface area contributed by atoms with Crippen molar-refractivity contribution in [2.75, 3.05) is 28.2 Å². The summed E-state index contributed by atoms with van der Waals surface area (Å²) >= 11 is 9.14. The molecule has 2 aromatic carbocycles. The highest BCUT2D eigenvalue weighted by molar-refractivity contribution is 7.80. The molecule has 0 bridgehead atoms. The van der Waals surface area contributed by atoms with E-state index in [2.05, 4.69) is 35.1 Å². The number of nitrogens with zero attached hydrogens (tertiary/aromatic N) is 2. The van der Waals surface area contributed by atoms with Crippen molar-refractivity contribution in [3.8, 4) is 11.5 Å². The molecule has 0 fully saturated rings. The van der Waals surface area contributed by atoms with Gasteiger partial charge in [0, 0.05) is 0 Å². The Morgan fingerprint density at radius 1 is 0.652 bits per heavy atom. The molecule has 3 nitrogen and oxygen atoms in total. The second-order valence-electron chi connectivity index (χ2n) is 5.91. The van der Waals surface area contributed by atoms with Crippen LogP contribution in [0.4, 0.5) is 0 Å². The third kappa shape index (κ3) is 4.91. The molecule has 124 valence electrons. The molecule has 2 unspecified atom stereocenters. The zero-order valence-corrected chi connectivity index (χ0v) is 15.8. The van der Waals surface area contributed by atoms with Crippen LogP contribution in [-0.4, -0.2) is 38.0 Å². The first-order valence-electron chi connectivity index (χ1n) is 7.45. The van der Waals surface area contributed by atoms with Gasteiger partial charge in [0.2, 0.25) is 0 Å². The second kappa shape index (κ2) is 8.11. The molecule has 0 spiro atoms. The minimum Gasteiger partial charge on any atom is -0.457 e. The largest absolute Gasteiger partial charge is 0.457 e. The fourth-order valence-corrected chi connectivity index (χ4v) is 2.49. The van der Waals surface area contributed by atoms with E-state index in [1.807, 2.05) is 76.7 Å². The van der Waals surface area contributed by atoms with Crippen molar-refractivity contribution in [1.82, 2.24) is 9.80 Å². The molecular formula is C18H24N2OS2. The average Bonchev–Trinajstić information content (AvgIpc) is 2.54. The molecule has 2 aromatic rings. The number of benzene rings is 2. The van der Waals surface area contributed by atoms with Crippen molar-refractivity contribution >= 4 is 25.3 Å². The summed E-state index contributed by atoms with van der Waals surface area (Å²) in [7, 11) is 8.02. The van der Waals surface area contributed by atoms with Crippen molar-refractivity contribution in [2.45, 2.75) is 10.7 Å². The lowest BCUT2D eigenvalue weighted by atomic mass is 10.2.